The molecule has 0 spiro atoms. The summed E-state index contributed by atoms with van der Waals surface area (Å²) in [5.41, 5.74) is 4.99. The van der Waals surface area contributed by atoms with Crippen LogP contribution < -0.4 is 10.6 Å². The Bertz CT molecular complexity index is 964. The SMILES string of the molecule is CCC(=O)Nc1cccnc1-c1ccc(C(=O)NCc2ccc(C)cc2)cc1. The molecule has 3 aromatic rings. The minimum atomic E-state index is -0.132. The number of nitrogens with zero attached hydrogens (tertiary/aromatic N) is 1. The number of hydrogen-bond acceptors (Lipinski definition) is 3. The Balaban J connectivity index is 1.70. The number of carbonyl (C=O) groups is 2. The van der Waals surface area contributed by atoms with Crippen LogP contribution in [0.3, 0.4) is 0 Å². The van der Waals surface area contributed by atoms with Crippen LogP contribution in [0.4, 0.5) is 5.69 Å². The molecule has 0 aliphatic carbocycles. The Morgan fingerprint density at radius 3 is 2.36 bits per heavy atom. The van der Waals surface area contributed by atoms with Crippen molar-refractivity contribution in [1.82, 2.24) is 10.3 Å². The van der Waals surface area contributed by atoms with Crippen molar-refractivity contribution in [1.29, 1.82) is 0 Å². The molecule has 0 atom stereocenters. The van der Waals surface area contributed by atoms with Gasteiger partial charge in [-0.1, -0.05) is 48.9 Å². The fourth-order valence-electron chi connectivity index (χ4n) is 2.74. The lowest BCUT2D eigenvalue weighted by Gasteiger charge is -2.10. The van der Waals surface area contributed by atoms with E-state index in [0.717, 1.165) is 11.1 Å². The van der Waals surface area contributed by atoms with E-state index in [-0.39, 0.29) is 11.8 Å². The fraction of sp³-hybridized carbons (Fsp3) is 0.174. The molecule has 5 nitrogen and oxygen atoms in total. The molecule has 0 fully saturated rings. The van der Waals surface area contributed by atoms with E-state index in [1.165, 1.54) is 5.56 Å². The molecule has 5 heteroatoms. The summed E-state index contributed by atoms with van der Waals surface area (Å²) in [7, 11) is 0. The summed E-state index contributed by atoms with van der Waals surface area (Å²) in [6.45, 7) is 4.31. The maximum Gasteiger partial charge on any atom is 0.251 e. The van der Waals surface area contributed by atoms with Gasteiger partial charge in [0.05, 0.1) is 11.4 Å². The van der Waals surface area contributed by atoms with Crippen molar-refractivity contribution in [2.75, 3.05) is 5.32 Å². The zero-order chi connectivity index (χ0) is 19.9. The Morgan fingerprint density at radius 1 is 0.964 bits per heavy atom. The van der Waals surface area contributed by atoms with Crippen LogP contribution in [0.1, 0.15) is 34.8 Å². The van der Waals surface area contributed by atoms with Crippen LogP contribution in [0.25, 0.3) is 11.3 Å². The third-order valence-corrected chi connectivity index (χ3v) is 4.40. The van der Waals surface area contributed by atoms with E-state index in [4.69, 9.17) is 0 Å². The number of amides is 2. The molecule has 1 aromatic heterocycles. The number of rotatable bonds is 6. The van der Waals surface area contributed by atoms with Crippen LogP contribution in [-0.4, -0.2) is 16.8 Å². The zero-order valence-electron chi connectivity index (χ0n) is 16.0. The molecule has 142 valence electrons. The maximum atomic E-state index is 12.4. The highest BCUT2D eigenvalue weighted by molar-refractivity contribution is 5.96. The lowest BCUT2D eigenvalue weighted by Crippen LogP contribution is -2.22. The third-order valence-electron chi connectivity index (χ3n) is 4.40. The predicted molar refractivity (Wildman–Crippen MR) is 111 cm³/mol. The molecule has 0 aliphatic rings. The first-order chi connectivity index (χ1) is 13.6. The molecule has 0 saturated heterocycles. The molecule has 2 N–H and O–H groups in total. The molecule has 2 amide bonds. The Morgan fingerprint density at radius 2 is 1.68 bits per heavy atom. The van der Waals surface area contributed by atoms with Gasteiger partial charge in [0.25, 0.3) is 5.91 Å². The van der Waals surface area contributed by atoms with Crippen molar-refractivity contribution in [2.45, 2.75) is 26.8 Å². The van der Waals surface area contributed by atoms with E-state index in [9.17, 15) is 9.59 Å². The van der Waals surface area contributed by atoms with Crippen LogP contribution in [0.2, 0.25) is 0 Å². The summed E-state index contributed by atoms with van der Waals surface area (Å²) in [6, 6.07) is 18.9. The average molecular weight is 373 g/mol. The van der Waals surface area contributed by atoms with Gasteiger partial charge in [0, 0.05) is 30.3 Å². The number of hydrogen-bond donors (Lipinski definition) is 2. The topological polar surface area (TPSA) is 71.1 Å². The molecule has 0 saturated carbocycles. The van der Waals surface area contributed by atoms with Gasteiger partial charge >= 0.3 is 0 Å². The molecule has 2 aromatic carbocycles. The van der Waals surface area contributed by atoms with Crippen molar-refractivity contribution in [3.8, 4) is 11.3 Å². The summed E-state index contributed by atoms with van der Waals surface area (Å²) >= 11 is 0. The first-order valence-corrected chi connectivity index (χ1v) is 9.26. The number of carbonyl (C=O) groups excluding carboxylic acids is 2. The van der Waals surface area contributed by atoms with Gasteiger partial charge in [-0.15, -0.1) is 0 Å². The minimum Gasteiger partial charge on any atom is -0.348 e. The molecule has 28 heavy (non-hydrogen) atoms. The maximum absolute atomic E-state index is 12.4. The van der Waals surface area contributed by atoms with Crippen molar-refractivity contribution < 1.29 is 9.59 Å². The fourth-order valence-corrected chi connectivity index (χ4v) is 2.74. The number of pyridine rings is 1. The first kappa shape index (κ1) is 19.3. The van der Waals surface area contributed by atoms with E-state index in [1.54, 1.807) is 31.3 Å². The highest BCUT2D eigenvalue weighted by atomic mass is 16.2. The average Bonchev–Trinajstić information content (AvgIpc) is 2.73. The highest BCUT2D eigenvalue weighted by Crippen LogP contribution is 2.25. The molecule has 0 radical (unpaired) electrons. The third kappa shape index (κ3) is 4.82. The second kappa shape index (κ2) is 8.95. The first-order valence-electron chi connectivity index (χ1n) is 9.26. The smallest absolute Gasteiger partial charge is 0.251 e. The van der Waals surface area contributed by atoms with E-state index in [2.05, 4.69) is 15.6 Å². The van der Waals surface area contributed by atoms with E-state index in [0.29, 0.717) is 29.9 Å². The molecule has 0 unspecified atom stereocenters. The monoisotopic (exact) mass is 373 g/mol. The van der Waals surface area contributed by atoms with Crippen LogP contribution >= 0.6 is 0 Å². The van der Waals surface area contributed by atoms with E-state index in [1.807, 2.05) is 49.4 Å². The summed E-state index contributed by atoms with van der Waals surface area (Å²) in [4.78, 5) is 28.5. The number of aryl methyl sites for hydroxylation is 1. The number of aromatic nitrogens is 1. The quantitative estimate of drug-likeness (QED) is 0.675. The minimum absolute atomic E-state index is 0.0682. The highest BCUT2D eigenvalue weighted by Gasteiger charge is 2.10. The van der Waals surface area contributed by atoms with Gasteiger partial charge < -0.3 is 10.6 Å². The van der Waals surface area contributed by atoms with E-state index < -0.39 is 0 Å². The molecular weight excluding hydrogens is 350 g/mol. The lowest BCUT2D eigenvalue weighted by molar-refractivity contribution is -0.115. The van der Waals surface area contributed by atoms with Gasteiger partial charge in [0.2, 0.25) is 5.91 Å². The van der Waals surface area contributed by atoms with Gasteiger partial charge in [-0.25, -0.2) is 0 Å². The number of nitrogens with one attached hydrogen (secondary N) is 2. The predicted octanol–water partition coefficient (Wildman–Crippen LogP) is 4.34. The van der Waals surface area contributed by atoms with Gasteiger partial charge in [0.15, 0.2) is 0 Å². The largest absolute Gasteiger partial charge is 0.348 e. The second-order valence-electron chi connectivity index (χ2n) is 6.55. The summed E-state index contributed by atoms with van der Waals surface area (Å²) in [5.74, 6) is -0.200. The number of anilines is 1. The Hall–Kier alpha value is -3.47. The normalized spacial score (nSPS) is 10.4. The van der Waals surface area contributed by atoms with Crippen molar-refractivity contribution in [2.24, 2.45) is 0 Å². The van der Waals surface area contributed by atoms with Gasteiger partial charge in [0.1, 0.15) is 0 Å². The second-order valence-corrected chi connectivity index (χ2v) is 6.55. The van der Waals surface area contributed by atoms with Crippen molar-refractivity contribution in [3.05, 3.63) is 83.6 Å². The summed E-state index contributed by atoms with van der Waals surface area (Å²) < 4.78 is 0. The molecule has 0 aliphatic heterocycles. The molecular formula is C23H23N3O2. The van der Waals surface area contributed by atoms with Crippen LogP contribution in [0, 0.1) is 6.92 Å². The Kier molecular flexibility index (Phi) is 6.17. The van der Waals surface area contributed by atoms with Gasteiger partial charge in [-0.3, -0.25) is 14.6 Å². The number of benzene rings is 2. The summed E-state index contributed by atoms with van der Waals surface area (Å²) in [6.07, 6.45) is 2.08. The van der Waals surface area contributed by atoms with Gasteiger partial charge in [-0.2, -0.15) is 0 Å². The van der Waals surface area contributed by atoms with Crippen LogP contribution in [0.15, 0.2) is 66.9 Å². The Labute approximate surface area is 164 Å². The molecule has 0 bridgehead atoms. The molecule has 1 heterocycles. The summed E-state index contributed by atoms with van der Waals surface area (Å²) in [5, 5.41) is 5.79. The molecule has 3 rings (SSSR count). The van der Waals surface area contributed by atoms with Crippen LogP contribution in [0.5, 0.6) is 0 Å². The lowest BCUT2D eigenvalue weighted by atomic mass is 10.1. The van der Waals surface area contributed by atoms with E-state index >= 15 is 0 Å². The van der Waals surface area contributed by atoms with Crippen molar-refractivity contribution in [3.63, 3.8) is 0 Å². The zero-order valence-corrected chi connectivity index (χ0v) is 16.0. The standard InChI is InChI=1S/C23H23N3O2/c1-3-21(27)26-20-5-4-14-24-22(20)18-10-12-19(13-11-18)23(28)25-15-17-8-6-16(2)7-9-17/h4-14H,3,15H2,1-2H3,(H,25,28)(H,26,27). The van der Waals surface area contributed by atoms with Crippen molar-refractivity contribution >= 4 is 17.5 Å². The van der Waals surface area contributed by atoms with Crippen LogP contribution in [-0.2, 0) is 11.3 Å². The van der Waals surface area contributed by atoms with Gasteiger partial charge in [-0.05, 0) is 36.8 Å².